The topological polar surface area (TPSA) is 102 Å². The number of nitro benzene ring substituents is 1. The highest BCUT2D eigenvalue weighted by atomic mass is 16.6. The summed E-state index contributed by atoms with van der Waals surface area (Å²) in [6, 6.07) is 3.96. The normalized spacial score (nSPS) is 13.8. The van der Waals surface area contributed by atoms with Gasteiger partial charge in [-0.2, -0.15) is 0 Å². The Labute approximate surface area is 119 Å². The lowest BCUT2D eigenvalue weighted by atomic mass is 10.1. The Morgan fingerprint density at radius 2 is 2.19 bits per heavy atom. The van der Waals surface area contributed by atoms with Gasteiger partial charge in [-0.1, -0.05) is 0 Å². The molecule has 1 aromatic heterocycles. The first-order valence-corrected chi connectivity index (χ1v) is 6.33. The smallest absolute Gasteiger partial charge is 0.335 e. The van der Waals surface area contributed by atoms with Crippen molar-refractivity contribution in [1.82, 2.24) is 9.55 Å². The molecule has 2 heterocycles. The summed E-state index contributed by atoms with van der Waals surface area (Å²) in [4.78, 5) is 27.6. The van der Waals surface area contributed by atoms with Crippen LogP contribution < -0.4 is 4.90 Å². The number of imidazole rings is 1. The van der Waals surface area contributed by atoms with Gasteiger partial charge in [0, 0.05) is 31.5 Å². The second-order valence-corrected chi connectivity index (χ2v) is 4.72. The number of hydrogen-bond acceptors (Lipinski definition) is 5. The van der Waals surface area contributed by atoms with Crippen molar-refractivity contribution in [3.05, 3.63) is 52.1 Å². The molecule has 0 amide bonds. The quantitative estimate of drug-likeness (QED) is 0.678. The van der Waals surface area contributed by atoms with E-state index in [4.69, 9.17) is 5.11 Å². The molecule has 1 aliphatic rings. The number of anilines is 1. The van der Waals surface area contributed by atoms with Crippen LogP contribution in [0.25, 0.3) is 0 Å². The zero-order chi connectivity index (χ0) is 15.0. The summed E-state index contributed by atoms with van der Waals surface area (Å²) in [6.07, 6.45) is 3.56. The fourth-order valence-electron chi connectivity index (χ4n) is 2.45. The summed E-state index contributed by atoms with van der Waals surface area (Å²) in [5.41, 5.74) is 0.123. The van der Waals surface area contributed by atoms with E-state index < -0.39 is 10.9 Å². The van der Waals surface area contributed by atoms with E-state index in [1.807, 2.05) is 15.7 Å². The zero-order valence-corrected chi connectivity index (χ0v) is 11.0. The monoisotopic (exact) mass is 288 g/mol. The molecule has 21 heavy (non-hydrogen) atoms. The third kappa shape index (κ3) is 2.31. The minimum Gasteiger partial charge on any atom is -0.478 e. The van der Waals surface area contributed by atoms with Crippen molar-refractivity contribution >= 4 is 17.3 Å². The standard InChI is InChI=1S/C13H12N4O4/c18-13(19)9-1-2-10(11(7-9)17(20)21)16-6-5-15-4-3-14-12(15)8-16/h1-4,7H,5-6,8H2,(H,18,19). The van der Waals surface area contributed by atoms with Crippen LogP contribution in [0, 0.1) is 10.1 Å². The molecule has 0 unspecified atom stereocenters. The predicted molar refractivity (Wildman–Crippen MR) is 73.3 cm³/mol. The van der Waals surface area contributed by atoms with Gasteiger partial charge in [-0.3, -0.25) is 10.1 Å². The van der Waals surface area contributed by atoms with Crippen molar-refractivity contribution in [2.75, 3.05) is 11.4 Å². The zero-order valence-electron chi connectivity index (χ0n) is 11.0. The molecule has 0 aliphatic carbocycles. The molecule has 0 saturated heterocycles. The van der Waals surface area contributed by atoms with Crippen LogP contribution in [0.15, 0.2) is 30.6 Å². The van der Waals surface area contributed by atoms with Gasteiger partial charge in [0.15, 0.2) is 0 Å². The number of carbonyl (C=O) groups is 1. The number of rotatable bonds is 3. The van der Waals surface area contributed by atoms with Crippen LogP contribution in [0.5, 0.6) is 0 Å². The Morgan fingerprint density at radius 1 is 1.38 bits per heavy atom. The molecule has 108 valence electrons. The molecule has 2 aromatic rings. The van der Waals surface area contributed by atoms with Crippen molar-refractivity contribution in [2.45, 2.75) is 13.1 Å². The van der Waals surface area contributed by atoms with Gasteiger partial charge in [0.2, 0.25) is 0 Å². The minimum atomic E-state index is -1.18. The molecule has 1 aromatic carbocycles. The van der Waals surface area contributed by atoms with Crippen molar-refractivity contribution < 1.29 is 14.8 Å². The van der Waals surface area contributed by atoms with Crippen LogP contribution >= 0.6 is 0 Å². The first kappa shape index (κ1) is 13.1. The Kier molecular flexibility index (Phi) is 3.05. The number of aromatic nitrogens is 2. The summed E-state index contributed by atoms with van der Waals surface area (Å²) >= 11 is 0. The first-order valence-electron chi connectivity index (χ1n) is 6.33. The number of aromatic carboxylic acids is 1. The molecule has 8 heteroatoms. The predicted octanol–water partition coefficient (Wildman–Crippen LogP) is 1.51. The maximum atomic E-state index is 11.2. The number of hydrogen-bond donors (Lipinski definition) is 1. The van der Waals surface area contributed by atoms with E-state index in [1.165, 1.54) is 12.1 Å². The average Bonchev–Trinajstić information content (AvgIpc) is 2.93. The number of nitro groups is 1. The Bertz CT molecular complexity index is 725. The van der Waals surface area contributed by atoms with Crippen molar-refractivity contribution in [3.8, 4) is 0 Å². The average molecular weight is 288 g/mol. The lowest BCUT2D eigenvalue weighted by molar-refractivity contribution is -0.384. The molecular weight excluding hydrogens is 276 g/mol. The van der Waals surface area contributed by atoms with E-state index in [1.54, 1.807) is 6.20 Å². The van der Waals surface area contributed by atoms with Crippen LogP contribution in [-0.4, -0.2) is 32.1 Å². The van der Waals surface area contributed by atoms with Gasteiger partial charge in [0.05, 0.1) is 17.0 Å². The maximum absolute atomic E-state index is 11.2. The van der Waals surface area contributed by atoms with E-state index >= 15 is 0 Å². The van der Waals surface area contributed by atoms with Gasteiger partial charge >= 0.3 is 5.97 Å². The van der Waals surface area contributed by atoms with E-state index in [0.717, 1.165) is 11.9 Å². The number of carboxylic acid groups (broad SMARTS) is 1. The largest absolute Gasteiger partial charge is 0.478 e. The molecule has 8 nitrogen and oxygen atoms in total. The Morgan fingerprint density at radius 3 is 2.90 bits per heavy atom. The second kappa shape index (κ2) is 4.89. The third-order valence-electron chi connectivity index (χ3n) is 3.50. The molecule has 0 spiro atoms. The Balaban J connectivity index is 1.99. The fraction of sp³-hybridized carbons (Fsp3) is 0.231. The maximum Gasteiger partial charge on any atom is 0.335 e. The molecule has 1 aliphatic heterocycles. The highest BCUT2D eigenvalue weighted by molar-refractivity contribution is 5.89. The summed E-state index contributed by atoms with van der Waals surface area (Å²) in [5, 5.41) is 20.1. The molecule has 0 bridgehead atoms. The highest BCUT2D eigenvalue weighted by Crippen LogP contribution is 2.31. The number of fused-ring (bicyclic) bond motifs is 1. The van der Waals surface area contributed by atoms with Crippen LogP contribution in [-0.2, 0) is 13.1 Å². The second-order valence-electron chi connectivity index (χ2n) is 4.72. The van der Waals surface area contributed by atoms with E-state index in [2.05, 4.69) is 4.98 Å². The van der Waals surface area contributed by atoms with Gasteiger partial charge in [0.1, 0.15) is 11.5 Å². The van der Waals surface area contributed by atoms with Crippen LogP contribution in [0.1, 0.15) is 16.2 Å². The molecule has 0 radical (unpaired) electrons. The molecule has 0 saturated carbocycles. The molecule has 0 fully saturated rings. The van der Waals surface area contributed by atoms with Crippen molar-refractivity contribution in [2.24, 2.45) is 0 Å². The Hall–Kier alpha value is -2.90. The highest BCUT2D eigenvalue weighted by Gasteiger charge is 2.25. The van der Waals surface area contributed by atoms with Crippen molar-refractivity contribution in [3.63, 3.8) is 0 Å². The van der Waals surface area contributed by atoms with Gasteiger partial charge in [-0.25, -0.2) is 9.78 Å². The first-order chi connectivity index (χ1) is 10.1. The lowest BCUT2D eigenvalue weighted by Crippen LogP contribution is -2.34. The summed E-state index contributed by atoms with van der Waals surface area (Å²) < 4.78 is 1.99. The number of benzene rings is 1. The lowest BCUT2D eigenvalue weighted by Gasteiger charge is -2.29. The third-order valence-corrected chi connectivity index (χ3v) is 3.50. The molecule has 1 N–H and O–H groups in total. The minimum absolute atomic E-state index is 0.0936. The van der Waals surface area contributed by atoms with E-state index in [9.17, 15) is 14.9 Å². The van der Waals surface area contributed by atoms with E-state index in [0.29, 0.717) is 25.3 Å². The van der Waals surface area contributed by atoms with Crippen LogP contribution in [0.3, 0.4) is 0 Å². The van der Waals surface area contributed by atoms with Crippen LogP contribution in [0.2, 0.25) is 0 Å². The number of carboxylic acids is 1. The molecule has 0 atom stereocenters. The summed E-state index contributed by atoms with van der Waals surface area (Å²) in [6.45, 7) is 1.75. The fourth-order valence-corrected chi connectivity index (χ4v) is 2.45. The van der Waals surface area contributed by atoms with Crippen molar-refractivity contribution in [1.29, 1.82) is 0 Å². The summed E-state index contributed by atoms with van der Waals surface area (Å²) in [7, 11) is 0. The SMILES string of the molecule is O=C(O)c1ccc(N2CCn3ccnc3C2)c([N+](=O)[O-])c1. The van der Waals surface area contributed by atoms with Gasteiger partial charge in [0.25, 0.3) is 5.69 Å². The van der Waals surface area contributed by atoms with Crippen LogP contribution in [0.4, 0.5) is 11.4 Å². The van der Waals surface area contributed by atoms with Gasteiger partial charge < -0.3 is 14.6 Å². The van der Waals surface area contributed by atoms with E-state index in [-0.39, 0.29) is 11.3 Å². The molecule has 3 rings (SSSR count). The van der Waals surface area contributed by atoms with Gasteiger partial charge in [-0.15, -0.1) is 0 Å². The number of nitrogens with zero attached hydrogens (tertiary/aromatic N) is 4. The van der Waals surface area contributed by atoms with Gasteiger partial charge in [-0.05, 0) is 12.1 Å². The summed E-state index contributed by atoms with van der Waals surface area (Å²) in [5.74, 6) is -0.350. The molecular formula is C13H12N4O4.